The minimum atomic E-state index is -0.756. The van der Waals surface area contributed by atoms with Crippen LogP contribution in [0, 0.1) is 0 Å². The van der Waals surface area contributed by atoms with E-state index < -0.39 is 10.8 Å². The zero-order valence-corrected chi connectivity index (χ0v) is 10.9. The first-order valence-corrected chi connectivity index (χ1v) is 7.41. The van der Waals surface area contributed by atoms with Crippen molar-refractivity contribution in [2.75, 3.05) is 18.6 Å². The van der Waals surface area contributed by atoms with Gasteiger partial charge in [-0.2, -0.15) is 0 Å². The zero-order chi connectivity index (χ0) is 10.7. The summed E-state index contributed by atoms with van der Waals surface area (Å²) < 4.78 is 10.9. The average molecular weight is 282 g/mol. The molecule has 0 aromatic rings. The molecule has 1 rings (SSSR count). The second kappa shape index (κ2) is 5.26. The van der Waals surface area contributed by atoms with Gasteiger partial charge in [-0.15, -0.1) is 0 Å². The lowest BCUT2D eigenvalue weighted by molar-refractivity contribution is -0.128. The van der Waals surface area contributed by atoms with Crippen LogP contribution in [0.15, 0.2) is 0 Å². The van der Waals surface area contributed by atoms with E-state index in [0.717, 1.165) is 19.4 Å². The molecule has 1 aliphatic heterocycles. The highest BCUT2D eigenvalue weighted by Gasteiger charge is 2.32. The van der Waals surface area contributed by atoms with Gasteiger partial charge < -0.3 is 4.90 Å². The molecule has 5 heteroatoms. The molecule has 0 spiro atoms. The number of likely N-dealkylation sites (tertiary alicyclic amines) is 1. The van der Waals surface area contributed by atoms with Crippen LogP contribution in [0.3, 0.4) is 0 Å². The van der Waals surface area contributed by atoms with Gasteiger partial charge in [0.15, 0.2) is 0 Å². The molecule has 3 unspecified atom stereocenters. The Kier molecular flexibility index (Phi) is 4.57. The maximum atomic E-state index is 11.6. The number of alkyl halides is 1. The summed E-state index contributed by atoms with van der Waals surface area (Å²) in [6.45, 7) is 2.85. The van der Waals surface area contributed by atoms with E-state index in [-0.39, 0.29) is 16.8 Å². The predicted molar refractivity (Wildman–Crippen MR) is 62.1 cm³/mol. The summed E-state index contributed by atoms with van der Waals surface area (Å²) in [5.74, 6) is 0.858. The minimum Gasteiger partial charge on any atom is -0.339 e. The molecule has 82 valence electrons. The molecule has 1 fully saturated rings. The van der Waals surface area contributed by atoms with E-state index in [1.54, 1.807) is 6.26 Å². The van der Waals surface area contributed by atoms with Crippen LogP contribution in [-0.4, -0.2) is 44.4 Å². The molecule has 1 saturated heterocycles. The zero-order valence-electron chi connectivity index (χ0n) is 8.53. The normalized spacial score (nSPS) is 26.6. The molecule has 0 radical (unpaired) electrons. The fraction of sp³-hybridized carbons (Fsp3) is 0.889. The number of nitrogens with zero attached hydrogens (tertiary/aromatic N) is 1. The smallest absolute Gasteiger partial charge is 0.236 e. The SMILES string of the molecule is CC(CCS(C)=O)N1CCC(Br)C1=O. The molecule has 0 bridgehead atoms. The molecule has 0 saturated carbocycles. The standard InChI is InChI=1S/C9H16BrNO2S/c1-7(4-6-14(2)13)11-5-3-8(10)9(11)12/h7-8H,3-6H2,1-2H3. The first-order chi connectivity index (χ1) is 6.52. The fourth-order valence-electron chi connectivity index (χ4n) is 1.60. The van der Waals surface area contributed by atoms with Gasteiger partial charge in [-0.3, -0.25) is 9.00 Å². The van der Waals surface area contributed by atoms with Crippen LogP contribution in [0.1, 0.15) is 19.8 Å². The minimum absolute atomic E-state index is 0.00271. The van der Waals surface area contributed by atoms with Gasteiger partial charge in [0.05, 0.1) is 4.83 Å². The topological polar surface area (TPSA) is 37.4 Å². The summed E-state index contributed by atoms with van der Waals surface area (Å²) in [6, 6.07) is 0.217. The van der Waals surface area contributed by atoms with E-state index in [0.29, 0.717) is 5.75 Å². The van der Waals surface area contributed by atoms with Crippen LogP contribution in [0.25, 0.3) is 0 Å². The summed E-state index contributed by atoms with van der Waals surface area (Å²) in [5, 5.41) is 0. The number of hydrogen-bond acceptors (Lipinski definition) is 2. The van der Waals surface area contributed by atoms with Gasteiger partial charge >= 0.3 is 0 Å². The average Bonchev–Trinajstić information content (AvgIpc) is 2.44. The van der Waals surface area contributed by atoms with Crippen molar-refractivity contribution >= 4 is 32.6 Å². The molecule has 0 N–H and O–H groups in total. The van der Waals surface area contributed by atoms with E-state index >= 15 is 0 Å². The van der Waals surface area contributed by atoms with Gasteiger partial charge in [0.2, 0.25) is 5.91 Å². The largest absolute Gasteiger partial charge is 0.339 e. The Morgan fingerprint density at radius 2 is 2.36 bits per heavy atom. The third-order valence-electron chi connectivity index (χ3n) is 2.53. The summed E-state index contributed by atoms with van der Waals surface area (Å²) in [6.07, 6.45) is 3.42. The molecule has 0 aromatic heterocycles. The van der Waals surface area contributed by atoms with Gasteiger partial charge in [0, 0.05) is 35.4 Å². The van der Waals surface area contributed by atoms with Gasteiger partial charge in [0.25, 0.3) is 0 Å². The van der Waals surface area contributed by atoms with E-state index in [1.807, 2.05) is 11.8 Å². The molecule has 1 aliphatic rings. The van der Waals surface area contributed by atoms with Crippen LogP contribution in [0.4, 0.5) is 0 Å². The number of halogens is 1. The summed E-state index contributed by atoms with van der Waals surface area (Å²) in [5.41, 5.74) is 0. The third-order valence-corrected chi connectivity index (χ3v) is 4.19. The maximum absolute atomic E-state index is 11.6. The Balaban J connectivity index is 2.41. The number of carbonyl (C=O) groups excluding carboxylic acids is 1. The van der Waals surface area contributed by atoms with Crippen molar-refractivity contribution in [3.8, 4) is 0 Å². The Hall–Kier alpha value is 0.1000. The predicted octanol–water partition coefficient (Wildman–Crippen LogP) is 1.14. The number of hydrogen-bond donors (Lipinski definition) is 0. The summed E-state index contributed by atoms with van der Waals surface area (Å²) in [7, 11) is -0.756. The number of rotatable bonds is 4. The van der Waals surface area contributed by atoms with Crippen LogP contribution in [0.2, 0.25) is 0 Å². The van der Waals surface area contributed by atoms with E-state index in [2.05, 4.69) is 15.9 Å². The Bertz CT molecular complexity index is 247. The van der Waals surface area contributed by atoms with Gasteiger partial charge in [0.1, 0.15) is 0 Å². The Morgan fingerprint density at radius 1 is 1.71 bits per heavy atom. The van der Waals surface area contributed by atoms with Crippen molar-refractivity contribution in [2.24, 2.45) is 0 Å². The molecule has 3 atom stereocenters. The van der Waals surface area contributed by atoms with Gasteiger partial charge in [-0.05, 0) is 19.8 Å². The second-order valence-electron chi connectivity index (χ2n) is 3.70. The van der Waals surface area contributed by atoms with Crippen molar-refractivity contribution in [1.29, 1.82) is 0 Å². The molecular formula is C9H16BrNO2S. The lowest BCUT2D eigenvalue weighted by Crippen LogP contribution is -2.36. The van der Waals surface area contributed by atoms with E-state index in [1.165, 1.54) is 0 Å². The lowest BCUT2D eigenvalue weighted by Gasteiger charge is -2.23. The summed E-state index contributed by atoms with van der Waals surface area (Å²) in [4.78, 5) is 13.5. The highest BCUT2D eigenvalue weighted by molar-refractivity contribution is 9.10. The lowest BCUT2D eigenvalue weighted by atomic mass is 10.2. The Morgan fingerprint density at radius 3 is 2.79 bits per heavy atom. The van der Waals surface area contributed by atoms with Gasteiger partial charge in [-0.1, -0.05) is 15.9 Å². The van der Waals surface area contributed by atoms with Crippen molar-refractivity contribution in [1.82, 2.24) is 4.90 Å². The summed E-state index contributed by atoms with van der Waals surface area (Å²) >= 11 is 3.34. The van der Waals surface area contributed by atoms with E-state index in [9.17, 15) is 9.00 Å². The van der Waals surface area contributed by atoms with Crippen molar-refractivity contribution in [3.63, 3.8) is 0 Å². The van der Waals surface area contributed by atoms with Crippen LogP contribution < -0.4 is 0 Å². The van der Waals surface area contributed by atoms with E-state index in [4.69, 9.17) is 0 Å². The Labute approximate surface area is 95.8 Å². The molecule has 1 amide bonds. The van der Waals surface area contributed by atoms with Crippen LogP contribution in [-0.2, 0) is 15.6 Å². The quantitative estimate of drug-likeness (QED) is 0.725. The second-order valence-corrected chi connectivity index (χ2v) is 6.36. The monoisotopic (exact) mass is 281 g/mol. The first kappa shape index (κ1) is 12.2. The fourth-order valence-corrected chi connectivity index (χ4v) is 2.74. The van der Waals surface area contributed by atoms with Crippen molar-refractivity contribution < 1.29 is 9.00 Å². The molecule has 3 nitrogen and oxygen atoms in total. The number of amides is 1. The highest BCUT2D eigenvalue weighted by atomic mass is 79.9. The molecule has 0 aromatic carbocycles. The van der Waals surface area contributed by atoms with Crippen LogP contribution >= 0.6 is 15.9 Å². The molecule has 14 heavy (non-hydrogen) atoms. The molecule has 1 heterocycles. The van der Waals surface area contributed by atoms with Gasteiger partial charge in [-0.25, -0.2) is 0 Å². The maximum Gasteiger partial charge on any atom is 0.236 e. The van der Waals surface area contributed by atoms with Crippen LogP contribution in [0.5, 0.6) is 0 Å². The molecule has 0 aliphatic carbocycles. The van der Waals surface area contributed by atoms with Crippen molar-refractivity contribution in [3.05, 3.63) is 0 Å². The third kappa shape index (κ3) is 3.05. The highest BCUT2D eigenvalue weighted by Crippen LogP contribution is 2.21. The number of carbonyl (C=O) groups is 1. The molecular weight excluding hydrogens is 266 g/mol. The first-order valence-electron chi connectivity index (χ1n) is 4.77. The van der Waals surface area contributed by atoms with Crippen molar-refractivity contribution in [2.45, 2.75) is 30.6 Å².